The largest absolute Gasteiger partial charge is 0.433 e. The Bertz CT molecular complexity index is 481. The molecule has 0 radical (unpaired) electrons. The second-order valence-corrected chi connectivity index (χ2v) is 6.10. The van der Waals surface area contributed by atoms with Crippen LogP contribution in [0, 0.1) is 0 Å². The SMILES string of the molecule is CNc1nc(NC2CCCCC2SC)cc(C(F)(F)F)n1. The Kier molecular flexibility index (Phi) is 5.18. The highest BCUT2D eigenvalue weighted by Crippen LogP contribution is 2.32. The van der Waals surface area contributed by atoms with Gasteiger partial charge in [0.25, 0.3) is 0 Å². The molecule has 0 bridgehead atoms. The van der Waals surface area contributed by atoms with Crippen molar-refractivity contribution in [3.05, 3.63) is 11.8 Å². The number of hydrogen-bond acceptors (Lipinski definition) is 5. The predicted molar refractivity (Wildman–Crippen MR) is 79.8 cm³/mol. The van der Waals surface area contributed by atoms with Gasteiger partial charge in [-0.05, 0) is 19.1 Å². The van der Waals surface area contributed by atoms with Gasteiger partial charge in [-0.2, -0.15) is 29.9 Å². The average Bonchev–Trinajstić information content (AvgIpc) is 2.46. The maximum absolute atomic E-state index is 12.9. The van der Waals surface area contributed by atoms with Gasteiger partial charge in [0, 0.05) is 24.4 Å². The number of rotatable bonds is 4. The maximum Gasteiger partial charge on any atom is 0.433 e. The quantitative estimate of drug-likeness (QED) is 0.887. The van der Waals surface area contributed by atoms with Crippen molar-refractivity contribution < 1.29 is 13.2 Å². The summed E-state index contributed by atoms with van der Waals surface area (Å²) in [6.07, 6.45) is 1.84. The van der Waals surface area contributed by atoms with Crippen LogP contribution in [0.1, 0.15) is 31.4 Å². The lowest BCUT2D eigenvalue weighted by Gasteiger charge is -2.31. The van der Waals surface area contributed by atoms with Crippen LogP contribution in [0.25, 0.3) is 0 Å². The minimum atomic E-state index is -4.48. The number of alkyl halides is 3. The molecule has 0 aliphatic heterocycles. The lowest BCUT2D eigenvalue weighted by Crippen LogP contribution is -2.34. The van der Waals surface area contributed by atoms with Gasteiger partial charge < -0.3 is 10.6 Å². The van der Waals surface area contributed by atoms with Crippen LogP contribution in [0.5, 0.6) is 0 Å². The van der Waals surface area contributed by atoms with Crippen LogP contribution in [-0.2, 0) is 6.18 Å². The summed E-state index contributed by atoms with van der Waals surface area (Å²) in [6.45, 7) is 0. The fourth-order valence-corrected chi connectivity index (χ4v) is 3.45. The number of nitrogens with zero attached hydrogens (tertiary/aromatic N) is 2. The summed E-state index contributed by atoms with van der Waals surface area (Å²) in [5, 5.41) is 6.14. The third kappa shape index (κ3) is 4.15. The molecule has 0 aromatic carbocycles. The van der Waals surface area contributed by atoms with Crippen LogP contribution >= 0.6 is 11.8 Å². The summed E-state index contributed by atoms with van der Waals surface area (Å²) in [4.78, 5) is 7.55. The van der Waals surface area contributed by atoms with E-state index in [1.165, 1.54) is 13.5 Å². The molecule has 0 amide bonds. The normalized spacial score (nSPS) is 22.9. The molecule has 2 rings (SSSR count). The molecule has 2 unspecified atom stereocenters. The number of anilines is 2. The molecule has 8 heteroatoms. The molecule has 1 aliphatic rings. The van der Waals surface area contributed by atoms with Gasteiger partial charge in [0.15, 0.2) is 5.69 Å². The summed E-state index contributed by atoms with van der Waals surface area (Å²) in [5.41, 5.74) is -0.930. The third-order valence-corrected chi connectivity index (χ3v) is 4.75. The average molecular weight is 320 g/mol. The van der Waals surface area contributed by atoms with Gasteiger partial charge in [0.2, 0.25) is 5.95 Å². The molecular formula is C13H19F3N4S. The van der Waals surface area contributed by atoms with Crippen molar-refractivity contribution in [3.8, 4) is 0 Å². The molecule has 0 saturated heterocycles. The zero-order valence-electron chi connectivity index (χ0n) is 12.0. The lowest BCUT2D eigenvalue weighted by molar-refractivity contribution is -0.141. The first-order chi connectivity index (χ1) is 9.94. The fourth-order valence-electron chi connectivity index (χ4n) is 2.51. The first kappa shape index (κ1) is 16.2. The highest BCUT2D eigenvalue weighted by atomic mass is 32.2. The smallest absolute Gasteiger partial charge is 0.366 e. The van der Waals surface area contributed by atoms with Crippen LogP contribution in [0.2, 0.25) is 0 Å². The minimum Gasteiger partial charge on any atom is -0.366 e. The Hall–Kier alpha value is -1.18. The first-order valence-electron chi connectivity index (χ1n) is 6.87. The summed E-state index contributed by atoms with van der Waals surface area (Å²) in [5.74, 6) is 0.205. The van der Waals surface area contributed by atoms with Crippen molar-refractivity contribution in [2.24, 2.45) is 0 Å². The Balaban J connectivity index is 2.22. The Morgan fingerprint density at radius 3 is 2.57 bits per heavy atom. The second kappa shape index (κ2) is 6.72. The van der Waals surface area contributed by atoms with E-state index in [2.05, 4.69) is 20.6 Å². The molecule has 4 nitrogen and oxygen atoms in total. The number of thioether (sulfide) groups is 1. The van der Waals surface area contributed by atoms with E-state index in [0.29, 0.717) is 5.25 Å². The monoisotopic (exact) mass is 320 g/mol. The van der Waals surface area contributed by atoms with Gasteiger partial charge in [-0.3, -0.25) is 0 Å². The van der Waals surface area contributed by atoms with Gasteiger partial charge >= 0.3 is 6.18 Å². The van der Waals surface area contributed by atoms with Crippen molar-refractivity contribution in [2.45, 2.75) is 43.2 Å². The highest BCUT2D eigenvalue weighted by molar-refractivity contribution is 7.99. The Labute approximate surface area is 126 Å². The number of aromatic nitrogens is 2. The Morgan fingerprint density at radius 1 is 1.24 bits per heavy atom. The van der Waals surface area contributed by atoms with Crippen molar-refractivity contribution >= 4 is 23.5 Å². The summed E-state index contributed by atoms with van der Waals surface area (Å²) >= 11 is 1.75. The van der Waals surface area contributed by atoms with Gasteiger partial charge in [0.1, 0.15) is 5.82 Å². The van der Waals surface area contributed by atoms with Crippen LogP contribution in [-0.4, -0.2) is 34.6 Å². The van der Waals surface area contributed by atoms with E-state index in [1.807, 2.05) is 6.26 Å². The summed E-state index contributed by atoms with van der Waals surface area (Å²) < 4.78 is 38.6. The minimum absolute atomic E-state index is 0.0242. The lowest BCUT2D eigenvalue weighted by atomic mass is 9.95. The number of halogens is 3. The molecule has 1 aliphatic carbocycles. The number of hydrogen-bond donors (Lipinski definition) is 2. The first-order valence-corrected chi connectivity index (χ1v) is 8.16. The second-order valence-electron chi connectivity index (χ2n) is 5.02. The van der Waals surface area contributed by atoms with Crippen LogP contribution in [0.15, 0.2) is 6.07 Å². The molecule has 21 heavy (non-hydrogen) atoms. The van der Waals surface area contributed by atoms with Gasteiger partial charge in [-0.25, -0.2) is 4.98 Å². The van der Waals surface area contributed by atoms with Crippen LogP contribution in [0.4, 0.5) is 24.9 Å². The van der Waals surface area contributed by atoms with E-state index >= 15 is 0 Å². The van der Waals surface area contributed by atoms with Crippen LogP contribution in [0.3, 0.4) is 0 Å². The molecular weight excluding hydrogens is 301 g/mol. The zero-order valence-corrected chi connectivity index (χ0v) is 12.8. The van der Waals surface area contributed by atoms with Crippen molar-refractivity contribution in [1.29, 1.82) is 0 Å². The summed E-state index contributed by atoms with van der Waals surface area (Å²) in [7, 11) is 1.50. The molecule has 1 aromatic rings. The van der Waals surface area contributed by atoms with E-state index < -0.39 is 11.9 Å². The fraction of sp³-hybridized carbons (Fsp3) is 0.692. The molecule has 1 heterocycles. The zero-order chi connectivity index (χ0) is 15.5. The van der Waals surface area contributed by atoms with E-state index in [4.69, 9.17) is 0 Å². The topological polar surface area (TPSA) is 49.8 Å². The van der Waals surface area contributed by atoms with Gasteiger partial charge in [0.05, 0.1) is 0 Å². The molecule has 2 N–H and O–H groups in total. The van der Waals surface area contributed by atoms with Crippen molar-refractivity contribution in [3.63, 3.8) is 0 Å². The molecule has 1 aromatic heterocycles. The highest BCUT2D eigenvalue weighted by Gasteiger charge is 2.34. The number of nitrogens with one attached hydrogen (secondary N) is 2. The van der Waals surface area contributed by atoms with Crippen molar-refractivity contribution in [1.82, 2.24) is 9.97 Å². The van der Waals surface area contributed by atoms with Gasteiger partial charge in [-0.15, -0.1) is 0 Å². The Morgan fingerprint density at radius 2 is 1.95 bits per heavy atom. The molecule has 2 atom stereocenters. The van der Waals surface area contributed by atoms with E-state index in [-0.39, 0.29) is 17.8 Å². The molecule has 1 saturated carbocycles. The molecule has 118 valence electrons. The standard InChI is InChI=1S/C13H19F3N4S/c1-17-12-19-10(13(14,15)16)7-11(20-12)18-8-5-3-4-6-9(8)21-2/h7-9H,3-6H2,1-2H3,(H2,17,18,19,20). The molecule has 1 fully saturated rings. The van der Waals surface area contributed by atoms with E-state index in [9.17, 15) is 13.2 Å². The van der Waals surface area contributed by atoms with Gasteiger partial charge in [-0.1, -0.05) is 12.8 Å². The van der Waals surface area contributed by atoms with E-state index in [1.54, 1.807) is 11.8 Å². The third-order valence-electron chi connectivity index (χ3n) is 3.58. The van der Waals surface area contributed by atoms with Crippen LogP contribution < -0.4 is 10.6 Å². The maximum atomic E-state index is 12.9. The summed E-state index contributed by atoms with van der Waals surface area (Å²) in [6, 6.07) is 1.13. The van der Waals surface area contributed by atoms with Crippen molar-refractivity contribution in [2.75, 3.05) is 23.9 Å². The van der Waals surface area contributed by atoms with E-state index in [0.717, 1.165) is 25.3 Å². The predicted octanol–water partition coefficient (Wildman–Crippen LogP) is 3.62. The molecule has 0 spiro atoms.